The van der Waals surface area contributed by atoms with Crippen molar-refractivity contribution in [3.63, 3.8) is 0 Å². The minimum Gasteiger partial charge on any atom is -0.394 e. The number of hydrogen-bond acceptors (Lipinski definition) is 7. The molecular weight excluding hydrogens is 310 g/mol. The number of aliphatic hydroxyl groups excluding tert-OH is 1. The number of nitrogens with zero attached hydrogens (tertiary/aromatic N) is 4. The van der Waals surface area contributed by atoms with Crippen LogP contribution in [0.25, 0.3) is 11.2 Å². The predicted molar refractivity (Wildman–Crippen MR) is 87.6 cm³/mol. The molecule has 1 saturated heterocycles. The van der Waals surface area contributed by atoms with Gasteiger partial charge in [-0.15, -0.1) is 0 Å². The Kier molecular flexibility index (Phi) is 4.34. The summed E-state index contributed by atoms with van der Waals surface area (Å²) in [6.07, 6.45) is 8.07. The maximum atomic E-state index is 9.37. The molecule has 1 saturated carbocycles. The highest BCUT2D eigenvalue weighted by atomic mass is 16.6. The first-order valence-corrected chi connectivity index (χ1v) is 8.53. The Labute approximate surface area is 140 Å². The Balaban J connectivity index is 1.65. The van der Waals surface area contributed by atoms with Crippen LogP contribution in [0.15, 0.2) is 12.7 Å². The molecule has 0 radical (unpaired) electrons. The molecule has 0 unspecified atom stereocenters. The van der Waals surface area contributed by atoms with Crippen molar-refractivity contribution < 1.29 is 14.6 Å². The number of imidazole rings is 1. The highest BCUT2D eigenvalue weighted by Gasteiger charge is 2.37. The molecule has 8 nitrogen and oxygen atoms in total. The fourth-order valence-corrected chi connectivity index (χ4v) is 3.70. The first-order valence-electron chi connectivity index (χ1n) is 8.53. The Bertz CT molecular complexity index is 700. The zero-order chi connectivity index (χ0) is 16.5. The van der Waals surface area contributed by atoms with E-state index in [-0.39, 0.29) is 25.0 Å². The van der Waals surface area contributed by atoms with Crippen molar-refractivity contribution in [3.05, 3.63) is 12.7 Å². The van der Waals surface area contributed by atoms with Crippen LogP contribution in [0, 0.1) is 0 Å². The standard InChI is InChI=1S/C16H23N5O3/c1-23-12-6-11(7-22)24-16(12)21-9-19-13-14(17-8-18-15(13)21)20-10-4-2-3-5-10/h8-12,16,22H,2-7H2,1H3,(H,17,18,20)/t11-,12+,16+/m0/s1. The van der Waals surface area contributed by atoms with Crippen LogP contribution in [0.1, 0.15) is 38.3 Å². The Morgan fingerprint density at radius 3 is 2.92 bits per heavy atom. The van der Waals surface area contributed by atoms with Gasteiger partial charge in [0.25, 0.3) is 0 Å². The minimum atomic E-state index is -0.341. The SMILES string of the molecule is CO[C@@H]1C[C@@H](CO)O[C@H]1n1cnc2c(NC3CCCC3)ncnc21. The summed E-state index contributed by atoms with van der Waals surface area (Å²) >= 11 is 0. The van der Waals surface area contributed by atoms with Crippen molar-refractivity contribution >= 4 is 17.0 Å². The molecule has 2 aliphatic rings. The van der Waals surface area contributed by atoms with Gasteiger partial charge in [-0.1, -0.05) is 12.8 Å². The summed E-state index contributed by atoms with van der Waals surface area (Å²) in [5, 5.41) is 12.9. The highest BCUT2D eigenvalue weighted by Crippen LogP contribution is 2.33. The lowest BCUT2D eigenvalue weighted by Crippen LogP contribution is -2.21. The number of anilines is 1. The zero-order valence-electron chi connectivity index (χ0n) is 13.8. The minimum absolute atomic E-state index is 0.0214. The summed E-state index contributed by atoms with van der Waals surface area (Å²) in [5.41, 5.74) is 1.46. The quantitative estimate of drug-likeness (QED) is 0.855. The fourth-order valence-electron chi connectivity index (χ4n) is 3.70. The fraction of sp³-hybridized carbons (Fsp3) is 0.688. The van der Waals surface area contributed by atoms with Gasteiger partial charge in [0.05, 0.1) is 19.0 Å². The number of fused-ring (bicyclic) bond motifs is 1. The molecule has 0 aromatic carbocycles. The van der Waals surface area contributed by atoms with E-state index < -0.39 is 0 Å². The van der Waals surface area contributed by atoms with Gasteiger partial charge in [-0.25, -0.2) is 15.0 Å². The number of aliphatic hydroxyl groups is 1. The van der Waals surface area contributed by atoms with E-state index in [1.807, 2.05) is 4.57 Å². The lowest BCUT2D eigenvalue weighted by atomic mass is 10.2. The van der Waals surface area contributed by atoms with Gasteiger partial charge in [0.15, 0.2) is 23.2 Å². The number of ether oxygens (including phenoxy) is 2. The molecule has 24 heavy (non-hydrogen) atoms. The van der Waals surface area contributed by atoms with E-state index in [9.17, 15) is 5.11 Å². The van der Waals surface area contributed by atoms with Crippen molar-refractivity contribution in [2.45, 2.75) is 56.6 Å². The second-order valence-electron chi connectivity index (χ2n) is 6.51. The zero-order valence-corrected chi connectivity index (χ0v) is 13.8. The molecule has 2 aromatic heterocycles. The maximum Gasteiger partial charge on any atom is 0.167 e. The summed E-state index contributed by atoms with van der Waals surface area (Å²) in [4.78, 5) is 13.3. The van der Waals surface area contributed by atoms with Crippen LogP contribution in [-0.4, -0.2) is 56.6 Å². The third-order valence-corrected chi connectivity index (χ3v) is 4.98. The molecule has 8 heteroatoms. The van der Waals surface area contributed by atoms with Gasteiger partial charge in [0.2, 0.25) is 0 Å². The van der Waals surface area contributed by atoms with Crippen molar-refractivity contribution in [3.8, 4) is 0 Å². The van der Waals surface area contributed by atoms with Crippen molar-refractivity contribution in [1.29, 1.82) is 0 Å². The third-order valence-electron chi connectivity index (χ3n) is 4.98. The van der Waals surface area contributed by atoms with Gasteiger partial charge in [-0.05, 0) is 12.8 Å². The number of rotatable bonds is 5. The van der Waals surface area contributed by atoms with Gasteiger partial charge >= 0.3 is 0 Å². The topological polar surface area (TPSA) is 94.3 Å². The molecule has 3 atom stereocenters. The van der Waals surface area contributed by atoms with Gasteiger partial charge < -0.3 is 19.9 Å². The molecule has 1 aliphatic carbocycles. The monoisotopic (exact) mass is 333 g/mol. The van der Waals surface area contributed by atoms with E-state index in [2.05, 4.69) is 20.3 Å². The van der Waals surface area contributed by atoms with Crippen molar-refractivity contribution in [2.75, 3.05) is 19.0 Å². The van der Waals surface area contributed by atoms with Crippen LogP contribution >= 0.6 is 0 Å². The van der Waals surface area contributed by atoms with Crippen LogP contribution in [0.3, 0.4) is 0 Å². The van der Waals surface area contributed by atoms with E-state index in [4.69, 9.17) is 9.47 Å². The summed E-state index contributed by atoms with van der Waals surface area (Å²) in [5.74, 6) is 0.774. The highest BCUT2D eigenvalue weighted by molar-refractivity contribution is 5.82. The van der Waals surface area contributed by atoms with E-state index in [1.54, 1.807) is 19.8 Å². The average Bonchev–Trinajstić information content (AvgIpc) is 3.33. The van der Waals surface area contributed by atoms with E-state index in [1.165, 1.54) is 25.7 Å². The summed E-state index contributed by atoms with van der Waals surface area (Å²) in [6, 6.07) is 0.460. The number of aromatic nitrogens is 4. The molecular formula is C16H23N5O3. The van der Waals surface area contributed by atoms with Crippen molar-refractivity contribution in [2.24, 2.45) is 0 Å². The van der Waals surface area contributed by atoms with Gasteiger partial charge in [-0.3, -0.25) is 4.57 Å². The van der Waals surface area contributed by atoms with Crippen LogP contribution in [0.4, 0.5) is 5.82 Å². The summed E-state index contributed by atoms with van der Waals surface area (Å²) in [6.45, 7) is -0.0214. The molecule has 0 spiro atoms. The van der Waals surface area contributed by atoms with Crippen molar-refractivity contribution in [1.82, 2.24) is 19.5 Å². The van der Waals surface area contributed by atoms with Gasteiger partial charge in [0.1, 0.15) is 12.4 Å². The lowest BCUT2D eigenvalue weighted by molar-refractivity contribution is -0.0583. The van der Waals surface area contributed by atoms with Crippen LogP contribution in [0.5, 0.6) is 0 Å². The number of nitrogens with one attached hydrogen (secondary N) is 1. The Morgan fingerprint density at radius 1 is 1.33 bits per heavy atom. The largest absolute Gasteiger partial charge is 0.394 e. The van der Waals surface area contributed by atoms with Crippen LogP contribution in [-0.2, 0) is 9.47 Å². The molecule has 2 fully saturated rings. The summed E-state index contributed by atoms with van der Waals surface area (Å²) in [7, 11) is 1.65. The molecule has 0 bridgehead atoms. The molecule has 3 heterocycles. The molecule has 2 N–H and O–H groups in total. The van der Waals surface area contributed by atoms with Crippen LogP contribution in [0.2, 0.25) is 0 Å². The Morgan fingerprint density at radius 2 is 2.17 bits per heavy atom. The smallest absolute Gasteiger partial charge is 0.167 e. The molecule has 130 valence electrons. The summed E-state index contributed by atoms with van der Waals surface area (Å²) < 4.78 is 13.3. The van der Waals surface area contributed by atoms with Gasteiger partial charge in [-0.2, -0.15) is 0 Å². The Hall–Kier alpha value is -1.77. The molecule has 4 rings (SSSR count). The normalized spacial score (nSPS) is 28.0. The van der Waals surface area contributed by atoms with Gasteiger partial charge in [0, 0.05) is 19.6 Å². The predicted octanol–water partition coefficient (Wildman–Crippen LogP) is 1.48. The maximum absolute atomic E-state index is 9.37. The van der Waals surface area contributed by atoms with E-state index in [0.717, 1.165) is 17.0 Å². The first kappa shape index (κ1) is 15.7. The third kappa shape index (κ3) is 2.74. The molecule has 2 aromatic rings. The molecule has 1 aliphatic heterocycles. The van der Waals surface area contributed by atoms with E-state index in [0.29, 0.717) is 12.5 Å². The first-order chi connectivity index (χ1) is 11.8. The lowest BCUT2D eigenvalue weighted by Gasteiger charge is -2.19. The van der Waals surface area contributed by atoms with Crippen LogP contribution < -0.4 is 5.32 Å². The average molecular weight is 333 g/mol. The second kappa shape index (κ2) is 6.62. The second-order valence-corrected chi connectivity index (χ2v) is 6.51. The van der Waals surface area contributed by atoms with E-state index >= 15 is 0 Å². The number of hydrogen-bond donors (Lipinski definition) is 2. The molecule has 0 amide bonds. The number of methoxy groups -OCH3 is 1.